The SMILES string of the molecule is COc1ccc(CCNC(=O)CCN)cc1C(C)C. The van der Waals surface area contributed by atoms with Crippen LogP contribution in [0.25, 0.3) is 0 Å². The maximum Gasteiger partial charge on any atom is 0.221 e. The van der Waals surface area contributed by atoms with Crippen LogP contribution in [0.5, 0.6) is 5.75 Å². The molecule has 0 aliphatic rings. The minimum absolute atomic E-state index is 0.0140. The normalized spacial score (nSPS) is 10.6. The van der Waals surface area contributed by atoms with Crippen molar-refractivity contribution in [2.45, 2.75) is 32.6 Å². The highest BCUT2D eigenvalue weighted by Gasteiger charge is 2.08. The second-order valence-electron chi connectivity index (χ2n) is 4.87. The lowest BCUT2D eigenvalue weighted by atomic mass is 9.98. The molecule has 0 fully saturated rings. The lowest BCUT2D eigenvalue weighted by molar-refractivity contribution is -0.120. The van der Waals surface area contributed by atoms with E-state index in [1.807, 2.05) is 12.1 Å². The smallest absolute Gasteiger partial charge is 0.221 e. The van der Waals surface area contributed by atoms with Crippen molar-refractivity contribution in [1.29, 1.82) is 0 Å². The van der Waals surface area contributed by atoms with Gasteiger partial charge in [0.2, 0.25) is 5.91 Å². The van der Waals surface area contributed by atoms with Gasteiger partial charge in [-0.05, 0) is 29.5 Å². The van der Waals surface area contributed by atoms with Crippen molar-refractivity contribution in [2.24, 2.45) is 5.73 Å². The number of carbonyl (C=O) groups excluding carboxylic acids is 1. The summed E-state index contributed by atoms with van der Waals surface area (Å²) in [6.45, 7) is 5.32. The number of amides is 1. The second-order valence-corrected chi connectivity index (χ2v) is 4.87. The Hall–Kier alpha value is -1.55. The van der Waals surface area contributed by atoms with Crippen molar-refractivity contribution < 1.29 is 9.53 Å². The van der Waals surface area contributed by atoms with Crippen molar-refractivity contribution in [2.75, 3.05) is 20.2 Å². The average molecular weight is 264 g/mol. The Morgan fingerprint density at radius 3 is 2.74 bits per heavy atom. The first-order valence-electron chi connectivity index (χ1n) is 6.72. The summed E-state index contributed by atoms with van der Waals surface area (Å²) in [7, 11) is 1.69. The number of carbonyl (C=O) groups is 1. The molecule has 0 saturated carbocycles. The average Bonchev–Trinajstić information content (AvgIpc) is 2.38. The summed E-state index contributed by atoms with van der Waals surface area (Å²) in [5.74, 6) is 1.35. The summed E-state index contributed by atoms with van der Waals surface area (Å²) < 4.78 is 5.35. The van der Waals surface area contributed by atoms with Crippen molar-refractivity contribution in [1.82, 2.24) is 5.32 Å². The van der Waals surface area contributed by atoms with E-state index in [1.54, 1.807) is 7.11 Å². The van der Waals surface area contributed by atoms with Gasteiger partial charge in [-0.1, -0.05) is 26.0 Å². The Kier molecular flexibility index (Phi) is 6.36. The van der Waals surface area contributed by atoms with Crippen LogP contribution in [0.2, 0.25) is 0 Å². The van der Waals surface area contributed by atoms with E-state index in [0.29, 0.717) is 25.4 Å². The molecule has 1 amide bonds. The molecule has 0 aromatic heterocycles. The van der Waals surface area contributed by atoms with Gasteiger partial charge >= 0.3 is 0 Å². The van der Waals surface area contributed by atoms with Crippen LogP contribution in [-0.4, -0.2) is 26.1 Å². The lowest BCUT2D eigenvalue weighted by Crippen LogP contribution is -2.27. The number of hydrogen-bond acceptors (Lipinski definition) is 3. The van der Waals surface area contributed by atoms with Gasteiger partial charge in [-0.15, -0.1) is 0 Å². The molecule has 3 N–H and O–H groups in total. The van der Waals surface area contributed by atoms with E-state index in [0.717, 1.165) is 12.2 Å². The number of hydrogen-bond donors (Lipinski definition) is 2. The summed E-state index contributed by atoms with van der Waals surface area (Å²) >= 11 is 0. The lowest BCUT2D eigenvalue weighted by Gasteiger charge is -2.13. The summed E-state index contributed by atoms with van der Waals surface area (Å²) in [4.78, 5) is 11.3. The van der Waals surface area contributed by atoms with Gasteiger partial charge in [-0.2, -0.15) is 0 Å². The van der Waals surface area contributed by atoms with Gasteiger partial charge in [0.05, 0.1) is 7.11 Å². The van der Waals surface area contributed by atoms with E-state index in [-0.39, 0.29) is 5.91 Å². The molecule has 0 aliphatic heterocycles. The third-order valence-electron chi connectivity index (χ3n) is 3.02. The minimum atomic E-state index is 0.0140. The highest BCUT2D eigenvalue weighted by atomic mass is 16.5. The first kappa shape index (κ1) is 15.5. The zero-order valence-electron chi connectivity index (χ0n) is 12.0. The third kappa shape index (κ3) is 4.91. The number of ether oxygens (including phenoxy) is 1. The van der Waals surface area contributed by atoms with Gasteiger partial charge < -0.3 is 15.8 Å². The molecule has 0 saturated heterocycles. The van der Waals surface area contributed by atoms with E-state index in [9.17, 15) is 4.79 Å². The highest BCUT2D eigenvalue weighted by Crippen LogP contribution is 2.27. The van der Waals surface area contributed by atoms with Gasteiger partial charge in [0, 0.05) is 19.5 Å². The minimum Gasteiger partial charge on any atom is -0.496 e. The number of benzene rings is 1. The van der Waals surface area contributed by atoms with Crippen molar-refractivity contribution in [3.63, 3.8) is 0 Å². The molecule has 1 aromatic carbocycles. The molecule has 19 heavy (non-hydrogen) atoms. The summed E-state index contributed by atoms with van der Waals surface area (Å²) in [5, 5.41) is 2.86. The molecule has 0 heterocycles. The first-order chi connectivity index (χ1) is 9.08. The summed E-state index contributed by atoms with van der Waals surface area (Å²) in [5.41, 5.74) is 7.73. The molecular formula is C15H24N2O2. The maximum atomic E-state index is 11.3. The molecular weight excluding hydrogens is 240 g/mol. The fourth-order valence-electron chi connectivity index (χ4n) is 1.96. The van der Waals surface area contributed by atoms with Crippen LogP contribution < -0.4 is 15.8 Å². The number of methoxy groups -OCH3 is 1. The maximum absolute atomic E-state index is 11.3. The second kappa shape index (κ2) is 7.79. The van der Waals surface area contributed by atoms with Crippen LogP contribution in [0.1, 0.15) is 37.3 Å². The molecule has 0 radical (unpaired) electrons. The number of nitrogens with one attached hydrogen (secondary N) is 1. The van der Waals surface area contributed by atoms with E-state index < -0.39 is 0 Å². The first-order valence-corrected chi connectivity index (χ1v) is 6.72. The largest absolute Gasteiger partial charge is 0.496 e. The quantitative estimate of drug-likeness (QED) is 0.789. The fraction of sp³-hybridized carbons (Fsp3) is 0.533. The molecule has 106 valence electrons. The van der Waals surface area contributed by atoms with Crippen molar-refractivity contribution in [3.8, 4) is 5.75 Å². The van der Waals surface area contributed by atoms with E-state index >= 15 is 0 Å². The highest BCUT2D eigenvalue weighted by molar-refractivity contribution is 5.76. The molecule has 4 heteroatoms. The van der Waals surface area contributed by atoms with E-state index in [4.69, 9.17) is 10.5 Å². The molecule has 0 spiro atoms. The molecule has 4 nitrogen and oxygen atoms in total. The molecule has 0 unspecified atom stereocenters. The van der Waals surface area contributed by atoms with Gasteiger partial charge in [0.15, 0.2) is 0 Å². The molecule has 1 rings (SSSR count). The van der Waals surface area contributed by atoms with Crippen LogP contribution in [0.15, 0.2) is 18.2 Å². The van der Waals surface area contributed by atoms with Crippen LogP contribution >= 0.6 is 0 Å². The monoisotopic (exact) mass is 264 g/mol. The zero-order valence-corrected chi connectivity index (χ0v) is 12.0. The third-order valence-corrected chi connectivity index (χ3v) is 3.02. The van der Waals surface area contributed by atoms with Crippen LogP contribution in [0.4, 0.5) is 0 Å². The zero-order chi connectivity index (χ0) is 14.3. The Morgan fingerprint density at radius 1 is 1.42 bits per heavy atom. The van der Waals surface area contributed by atoms with Crippen LogP contribution in [0.3, 0.4) is 0 Å². The Bertz CT molecular complexity index is 417. The van der Waals surface area contributed by atoms with Gasteiger partial charge in [0.1, 0.15) is 5.75 Å². The fourth-order valence-corrected chi connectivity index (χ4v) is 1.96. The summed E-state index contributed by atoms with van der Waals surface area (Å²) in [6, 6.07) is 6.19. The van der Waals surface area contributed by atoms with Crippen molar-refractivity contribution >= 4 is 5.91 Å². The standard InChI is InChI=1S/C15H24N2O2/c1-11(2)13-10-12(4-5-14(13)19-3)7-9-17-15(18)6-8-16/h4-5,10-11H,6-9,16H2,1-3H3,(H,17,18). The Balaban J connectivity index is 2.59. The predicted molar refractivity (Wildman–Crippen MR) is 77.5 cm³/mol. The Morgan fingerprint density at radius 2 is 2.16 bits per heavy atom. The van der Waals surface area contributed by atoms with Gasteiger partial charge in [-0.25, -0.2) is 0 Å². The van der Waals surface area contributed by atoms with Crippen LogP contribution in [0, 0.1) is 0 Å². The number of nitrogens with two attached hydrogens (primary N) is 1. The molecule has 0 atom stereocenters. The van der Waals surface area contributed by atoms with E-state index in [1.165, 1.54) is 11.1 Å². The predicted octanol–water partition coefficient (Wildman–Crippen LogP) is 1.83. The number of rotatable bonds is 7. The van der Waals surface area contributed by atoms with Gasteiger partial charge in [0.25, 0.3) is 0 Å². The molecule has 0 bridgehead atoms. The molecule has 1 aromatic rings. The molecule has 0 aliphatic carbocycles. The van der Waals surface area contributed by atoms with Crippen molar-refractivity contribution in [3.05, 3.63) is 29.3 Å². The summed E-state index contributed by atoms with van der Waals surface area (Å²) in [6.07, 6.45) is 1.21. The van der Waals surface area contributed by atoms with Crippen LogP contribution in [-0.2, 0) is 11.2 Å². The van der Waals surface area contributed by atoms with Gasteiger partial charge in [-0.3, -0.25) is 4.79 Å². The van der Waals surface area contributed by atoms with E-state index in [2.05, 4.69) is 25.2 Å². The topological polar surface area (TPSA) is 64.3 Å². The Labute approximate surface area is 115 Å².